The summed E-state index contributed by atoms with van der Waals surface area (Å²) in [5, 5.41) is 2.63. The minimum atomic E-state index is 0.0417. The van der Waals surface area contributed by atoms with Crippen LogP contribution >= 0.6 is 0 Å². The first-order chi connectivity index (χ1) is 9.40. The molecule has 106 valence electrons. The molecule has 12 heteroatoms. The van der Waals surface area contributed by atoms with Gasteiger partial charge in [0.15, 0.2) is 0 Å². The molecule has 0 saturated carbocycles. The quantitative estimate of drug-likeness (QED) is 0.358. The Morgan fingerprint density at radius 1 is 0.650 bits per heavy atom. The maximum absolute atomic E-state index is 5.27. The van der Waals surface area contributed by atoms with E-state index in [0.29, 0.717) is 5.95 Å². The molecule has 0 fully saturated rings. The highest BCUT2D eigenvalue weighted by Crippen LogP contribution is 2.02. The van der Waals surface area contributed by atoms with Crippen molar-refractivity contribution in [3.63, 3.8) is 0 Å². The van der Waals surface area contributed by atoms with Crippen LogP contribution in [0.25, 0.3) is 0 Å². The van der Waals surface area contributed by atoms with E-state index >= 15 is 0 Å². The van der Waals surface area contributed by atoms with Gasteiger partial charge in [0.2, 0.25) is 35.7 Å². The molecule has 0 aliphatic carbocycles. The molecular weight excluding hydrogens is 264 g/mol. The van der Waals surface area contributed by atoms with Gasteiger partial charge in [-0.15, -0.1) is 0 Å². The molecule has 0 atom stereocenters. The zero-order valence-electron chi connectivity index (χ0n) is 10.4. The van der Waals surface area contributed by atoms with E-state index in [0.717, 1.165) is 0 Å². The Bertz CT molecular complexity index is 525. The Hall–Kier alpha value is -3.44. The topological polar surface area (TPSA) is 219 Å². The predicted octanol–water partition coefficient (Wildman–Crippen LogP) is -1.79. The summed E-state index contributed by atoms with van der Waals surface area (Å²) in [6, 6.07) is 0. The SMILES string of the molecule is C=CNc1nc(N)nc(N)n1.Nc1nc(N)nc(N)n1. The van der Waals surface area contributed by atoms with E-state index in [4.69, 9.17) is 28.7 Å². The molecule has 2 aromatic rings. The molecule has 0 amide bonds. The van der Waals surface area contributed by atoms with Gasteiger partial charge >= 0.3 is 0 Å². The summed E-state index contributed by atoms with van der Waals surface area (Å²) in [5.41, 5.74) is 26.0. The third-order valence-electron chi connectivity index (χ3n) is 1.59. The van der Waals surface area contributed by atoms with Crippen molar-refractivity contribution in [3.8, 4) is 0 Å². The molecule has 0 unspecified atom stereocenters. The number of nitrogens with zero attached hydrogens (tertiary/aromatic N) is 6. The van der Waals surface area contributed by atoms with Crippen molar-refractivity contribution in [2.45, 2.75) is 0 Å². The number of nitrogen functional groups attached to an aromatic ring is 5. The van der Waals surface area contributed by atoms with Crippen LogP contribution in [-0.2, 0) is 0 Å². The van der Waals surface area contributed by atoms with Gasteiger partial charge in [-0.05, 0) is 6.20 Å². The number of aromatic nitrogens is 6. The van der Waals surface area contributed by atoms with E-state index in [1.807, 2.05) is 0 Å². The van der Waals surface area contributed by atoms with Crippen LogP contribution in [0.4, 0.5) is 35.7 Å². The summed E-state index contributed by atoms with van der Waals surface area (Å²) in [4.78, 5) is 21.5. The van der Waals surface area contributed by atoms with Crippen LogP contribution in [0.15, 0.2) is 12.8 Å². The average molecular weight is 278 g/mol. The second-order valence-electron chi connectivity index (χ2n) is 3.13. The lowest BCUT2D eigenvalue weighted by molar-refractivity contribution is 1.08. The zero-order chi connectivity index (χ0) is 15.1. The molecule has 0 aliphatic heterocycles. The van der Waals surface area contributed by atoms with Gasteiger partial charge in [0.25, 0.3) is 0 Å². The van der Waals surface area contributed by atoms with Crippen molar-refractivity contribution in [2.24, 2.45) is 0 Å². The van der Waals surface area contributed by atoms with E-state index in [-0.39, 0.29) is 29.7 Å². The number of nitrogens with two attached hydrogens (primary N) is 5. The molecule has 0 spiro atoms. The fourth-order valence-corrected chi connectivity index (χ4v) is 0.992. The molecule has 0 radical (unpaired) electrons. The van der Waals surface area contributed by atoms with E-state index in [1.165, 1.54) is 6.20 Å². The van der Waals surface area contributed by atoms with E-state index < -0.39 is 0 Å². The standard InChI is InChI=1S/C5H8N6.C3H6N6/c1-2-8-5-10-3(6)9-4(7)11-5;4-1-7-2(5)9-3(6)8-1/h2H,1H2,(H5,6,7,8,9,10,11);(H6,4,5,6,7,8,9). The van der Waals surface area contributed by atoms with Gasteiger partial charge in [0.1, 0.15) is 0 Å². The fourth-order valence-electron chi connectivity index (χ4n) is 0.992. The minimum absolute atomic E-state index is 0.0417. The molecule has 12 nitrogen and oxygen atoms in total. The van der Waals surface area contributed by atoms with Gasteiger partial charge in [0.05, 0.1) is 0 Å². The third kappa shape index (κ3) is 4.82. The van der Waals surface area contributed by atoms with Crippen LogP contribution < -0.4 is 34.0 Å². The average Bonchev–Trinajstić information content (AvgIpc) is 2.26. The summed E-state index contributed by atoms with van der Waals surface area (Å²) in [5.74, 6) is 0.591. The van der Waals surface area contributed by atoms with Gasteiger partial charge in [-0.25, -0.2) is 0 Å². The summed E-state index contributed by atoms with van der Waals surface area (Å²) >= 11 is 0. The first-order valence-corrected chi connectivity index (χ1v) is 5.07. The molecule has 2 rings (SSSR count). The Morgan fingerprint density at radius 3 is 1.25 bits per heavy atom. The highest BCUT2D eigenvalue weighted by molar-refractivity contribution is 5.38. The highest BCUT2D eigenvalue weighted by Gasteiger charge is 1.97. The van der Waals surface area contributed by atoms with Crippen molar-refractivity contribution in [1.82, 2.24) is 29.9 Å². The molecule has 0 aromatic carbocycles. The molecule has 20 heavy (non-hydrogen) atoms. The third-order valence-corrected chi connectivity index (χ3v) is 1.59. The van der Waals surface area contributed by atoms with Crippen molar-refractivity contribution >= 4 is 35.7 Å². The molecule has 2 aromatic heterocycles. The van der Waals surface area contributed by atoms with Gasteiger partial charge < -0.3 is 34.0 Å². The zero-order valence-corrected chi connectivity index (χ0v) is 10.4. The predicted molar refractivity (Wildman–Crippen MR) is 75.5 cm³/mol. The van der Waals surface area contributed by atoms with Crippen LogP contribution in [0.3, 0.4) is 0 Å². The lowest BCUT2D eigenvalue weighted by Crippen LogP contribution is -2.05. The van der Waals surface area contributed by atoms with E-state index in [1.54, 1.807) is 0 Å². The second-order valence-corrected chi connectivity index (χ2v) is 3.13. The number of hydrogen-bond donors (Lipinski definition) is 6. The largest absolute Gasteiger partial charge is 0.368 e. The van der Waals surface area contributed by atoms with Crippen LogP contribution in [0, 0.1) is 0 Å². The molecule has 2 heterocycles. The Labute approximate surface area is 113 Å². The smallest absolute Gasteiger partial charge is 0.233 e. The van der Waals surface area contributed by atoms with Gasteiger partial charge in [-0.2, -0.15) is 29.9 Å². The maximum atomic E-state index is 5.27. The van der Waals surface area contributed by atoms with Gasteiger partial charge in [0, 0.05) is 0 Å². The number of rotatable bonds is 2. The summed E-state index contributed by atoms with van der Waals surface area (Å²) in [6.07, 6.45) is 1.42. The number of hydrogen-bond acceptors (Lipinski definition) is 12. The first kappa shape index (κ1) is 14.6. The Morgan fingerprint density at radius 2 is 0.950 bits per heavy atom. The fraction of sp³-hybridized carbons (Fsp3) is 0. The minimum Gasteiger partial charge on any atom is -0.368 e. The summed E-state index contributed by atoms with van der Waals surface area (Å²) in [7, 11) is 0. The molecule has 0 saturated heterocycles. The van der Waals surface area contributed by atoms with Crippen molar-refractivity contribution < 1.29 is 0 Å². The number of nitrogens with one attached hydrogen (secondary N) is 1. The normalized spacial score (nSPS) is 9.20. The molecule has 0 aliphatic rings. The van der Waals surface area contributed by atoms with Crippen LogP contribution in [0.1, 0.15) is 0 Å². The Balaban J connectivity index is 0.000000204. The summed E-state index contributed by atoms with van der Waals surface area (Å²) < 4.78 is 0. The summed E-state index contributed by atoms with van der Waals surface area (Å²) in [6.45, 7) is 3.42. The molecular formula is C8H14N12. The van der Waals surface area contributed by atoms with Gasteiger partial charge in [-0.1, -0.05) is 6.58 Å². The van der Waals surface area contributed by atoms with Crippen molar-refractivity contribution in [3.05, 3.63) is 12.8 Å². The second kappa shape index (κ2) is 6.48. The van der Waals surface area contributed by atoms with Crippen molar-refractivity contribution in [2.75, 3.05) is 34.0 Å². The highest BCUT2D eigenvalue weighted by atomic mass is 15.2. The Kier molecular flexibility index (Phi) is 4.74. The monoisotopic (exact) mass is 278 g/mol. The lowest BCUT2D eigenvalue weighted by Gasteiger charge is -1.99. The molecule has 11 N–H and O–H groups in total. The maximum Gasteiger partial charge on any atom is 0.233 e. The lowest BCUT2D eigenvalue weighted by atomic mass is 10.8. The van der Waals surface area contributed by atoms with Crippen LogP contribution in [-0.4, -0.2) is 29.9 Å². The van der Waals surface area contributed by atoms with Crippen LogP contribution in [0.2, 0.25) is 0 Å². The number of anilines is 6. The van der Waals surface area contributed by atoms with Gasteiger partial charge in [-0.3, -0.25) is 0 Å². The van der Waals surface area contributed by atoms with E-state index in [2.05, 4.69) is 41.8 Å². The first-order valence-electron chi connectivity index (χ1n) is 5.07. The van der Waals surface area contributed by atoms with E-state index in [9.17, 15) is 0 Å². The van der Waals surface area contributed by atoms with Crippen molar-refractivity contribution in [1.29, 1.82) is 0 Å². The van der Waals surface area contributed by atoms with Crippen LogP contribution in [0.5, 0.6) is 0 Å². The molecule has 0 bridgehead atoms.